The first kappa shape index (κ1) is 12.2. The first-order valence-electron chi connectivity index (χ1n) is 5.20. The molecule has 5 heteroatoms. The molecule has 1 aromatic heterocycles. The Balaban J connectivity index is 2.38. The van der Waals surface area contributed by atoms with E-state index in [-0.39, 0.29) is 10.9 Å². The first-order chi connectivity index (χ1) is 8.61. The number of nitrogens with two attached hydrogens (primary N) is 1. The fourth-order valence-electron chi connectivity index (χ4n) is 1.45. The lowest BCUT2D eigenvalue weighted by Gasteiger charge is -2.09. The predicted molar refractivity (Wildman–Crippen MR) is 69.6 cm³/mol. The lowest BCUT2D eigenvalue weighted by molar-refractivity contribution is 0.465. The van der Waals surface area contributed by atoms with Crippen molar-refractivity contribution in [3.8, 4) is 17.7 Å². The summed E-state index contributed by atoms with van der Waals surface area (Å²) in [5, 5.41) is 9.04. The lowest BCUT2D eigenvalue weighted by atomic mass is 10.2. The topological polar surface area (TPSA) is 71.9 Å². The van der Waals surface area contributed by atoms with Crippen LogP contribution in [0.4, 0.5) is 5.69 Å². The van der Waals surface area contributed by atoms with Gasteiger partial charge in [-0.1, -0.05) is 17.7 Å². The van der Waals surface area contributed by atoms with Crippen molar-refractivity contribution in [3.63, 3.8) is 0 Å². The highest BCUT2D eigenvalue weighted by Crippen LogP contribution is 2.32. The molecule has 4 nitrogen and oxygen atoms in total. The van der Waals surface area contributed by atoms with Gasteiger partial charge in [-0.05, 0) is 30.7 Å². The number of ether oxygens (including phenoxy) is 1. The van der Waals surface area contributed by atoms with Gasteiger partial charge in [0.1, 0.15) is 11.1 Å². The van der Waals surface area contributed by atoms with Crippen molar-refractivity contribution < 1.29 is 4.74 Å². The number of nitrogens with zero attached hydrogens (tertiary/aromatic N) is 2. The van der Waals surface area contributed by atoms with Gasteiger partial charge in [0, 0.05) is 6.20 Å². The minimum atomic E-state index is 0.172. The summed E-state index contributed by atoms with van der Waals surface area (Å²) in [6, 6.07) is 8.88. The highest BCUT2D eigenvalue weighted by molar-refractivity contribution is 6.33. The van der Waals surface area contributed by atoms with Crippen LogP contribution in [0.2, 0.25) is 5.02 Å². The molecular weight excluding hydrogens is 250 g/mol. The Morgan fingerprint density at radius 1 is 1.39 bits per heavy atom. The zero-order valence-corrected chi connectivity index (χ0v) is 10.4. The minimum absolute atomic E-state index is 0.172. The number of hydrogen-bond acceptors (Lipinski definition) is 4. The summed E-state index contributed by atoms with van der Waals surface area (Å²) in [6.07, 6.45) is 1.46. The molecule has 0 atom stereocenters. The van der Waals surface area contributed by atoms with Crippen LogP contribution in [-0.2, 0) is 0 Å². The van der Waals surface area contributed by atoms with Crippen molar-refractivity contribution >= 4 is 17.3 Å². The van der Waals surface area contributed by atoms with Gasteiger partial charge in [-0.15, -0.1) is 0 Å². The average Bonchev–Trinajstić information content (AvgIpc) is 2.35. The van der Waals surface area contributed by atoms with Gasteiger partial charge in [0.25, 0.3) is 0 Å². The normalized spacial score (nSPS) is 9.83. The standard InChI is InChI=1S/C13H10ClN3O/c1-8-2-3-11(10(16)6-8)18-13-12(14)9(7-15)4-5-17-13/h2-6H,16H2,1H3. The van der Waals surface area contributed by atoms with E-state index in [0.717, 1.165) is 5.56 Å². The second-order valence-electron chi connectivity index (χ2n) is 3.73. The van der Waals surface area contributed by atoms with Crippen LogP contribution in [0.5, 0.6) is 11.6 Å². The van der Waals surface area contributed by atoms with Gasteiger partial charge < -0.3 is 10.5 Å². The van der Waals surface area contributed by atoms with Crippen LogP contribution in [0.3, 0.4) is 0 Å². The molecule has 0 radical (unpaired) electrons. The smallest absolute Gasteiger partial charge is 0.239 e. The zero-order valence-electron chi connectivity index (χ0n) is 9.64. The summed E-state index contributed by atoms with van der Waals surface area (Å²) < 4.78 is 5.52. The maximum Gasteiger partial charge on any atom is 0.239 e. The molecule has 0 saturated carbocycles. The molecule has 2 N–H and O–H groups in total. The number of anilines is 1. The van der Waals surface area contributed by atoms with E-state index in [4.69, 9.17) is 27.3 Å². The number of pyridine rings is 1. The van der Waals surface area contributed by atoms with E-state index in [2.05, 4.69) is 4.98 Å². The quantitative estimate of drug-likeness (QED) is 0.840. The third-order valence-corrected chi connectivity index (χ3v) is 2.71. The molecule has 0 bridgehead atoms. The molecule has 1 heterocycles. The van der Waals surface area contributed by atoms with Gasteiger partial charge in [0.15, 0.2) is 5.75 Å². The summed E-state index contributed by atoms with van der Waals surface area (Å²) >= 11 is 5.99. The fraction of sp³-hybridized carbons (Fsp3) is 0.0769. The number of hydrogen-bond donors (Lipinski definition) is 1. The largest absolute Gasteiger partial charge is 0.435 e. The van der Waals surface area contributed by atoms with E-state index in [9.17, 15) is 0 Å². The molecule has 0 amide bonds. The Kier molecular flexibility index (Phi) is 3.35. The summed E-state index contributed by atoms with van der Waals surface area (Å²) in [6.45, 7) is 1.93. The monoisotopic (exact) mass is 259 g/mol. The van der Waals surface area contributed by atoms with Gasteiger partial charge in [-0.25, -0.2) is 4.98 Å². The van der Waals surface area contributed by atoms with Crippen LogP contribution < -0.4 is 10.5 Å². The van der Waals surface area contributed by atoms with Crippen LogP contribution in [0.1, 0.15) is 11.1 Å². The molecule has 0 aliphatic rings. The van der Waals surface area contributed by atoms with Crippen molar-refractivity contribution in [1.82, 2.24) is 4.98 Å². The van der Waals surface area contributed by atoms with Crippen molar-refractivity contribution in [3.05, 3.63) is 46.6 Å². The Hall–Kier alpha value is -2.25. The van der Waals surface area contributed by atoms with Crippen LogP contribution in [-0.4, -0.2) is 4.98 Å². The van der Waals surface area contributed by atoms with Gasteiger partial charge in [0.2, 0.25) is 5.88 Å². The summed E-state index contributed by atoms with van der Waals surface area (Å²) in [7, 11) is 0. The molecule has 0 spiro atoms. The van der Waals surface area contributed by atoms with E-state index in [1.54, 1.807) is 12.1 Å². The Morgan fingerprint density at radius 2 is 2.17 bits per heavy atom. The summed E-state index contributed by atoms with van der Waals surface area (Å²) in [5.41, 5.74) is 7.67. The molecule has 0 saturated heterocycles. The maximum atomic E-state index is 8.86. The Morgan fingerprint density at radius 3 is 2.83 bits per heavy atom. The van der Waals surface area contributed by atoms with E-state index in [0.29, 0.717) is 17.0 Å². The molecule has 2 rings (SSSR count). The number of aromatic nitrogens is 1. The number of benzene rings is 1. The summed E-state index contributed by atoms with van der Waals surface area (Å²) in [4.78, 5) is 3.98. The van der Waals surface area contributed by atoms with Gasteiger partial charge >= 0.3 is 0 Å². The number of nitrogen functional groups attached to an aromatic ring is 1. The highest BCUT2D eigenvalue weighted by atomic mass is 35.5. The molecule has 18 heavy (non-hydrogen) atoms. The van der Waals surface area contributed by atoms with Crippen LogP contribution in [0.25, 0.3) is 0 Å². The SMILES string of the molecule is Cc1ccc(Oc2nccc(C#N)c2Cl)c(N)c1. The molecule has 0 aliphatic carbocycles. The molecule has 90 valence electrons. The average molecular weight is 260 g/mol. The predicted octanol–water partition coefficient (Wildman–Crippen LogP) is 3.29. The minimum Gasteiger partial charge on any atom is -0.435 e. The Labute approximate surface area is 110 Å². The van der Waals surface area contributed by atoms with E-state index < -0.39 is 0 Å². The number of rotatable bonds is 2. The number of nitriles is 1. The molecule has 0 fully saturated rings. The highest BCUT2D eigenvalue weighted by Gasteiger charge is 2.11. The van der Waals surface area contributed by atoms with Crippen molar-refractivity contribution in [2.24, 2.45) is 0 Å². The van der Waals surface area contributed by atoms with Crippen LogP contribution in [0.15, 0.2) is 30.5 Å². The van der Waals surface area contributed by atoms with Gasteiger partial charge in [-0.3, -0.25) is 0 Å². The van der Waals surface area contributed by atoms with Crippen LogP contribution >= 0.6 is 11.6 Å². The third-order valence-electron chi connectivity index (χ3n) is 2.35. The van der Waals surface area contributed by atoms with Gasteiger partial charge in [0.05, 0.1) is 11.3 Å². The molecule has 1 aromatic carbocycles. The van der Waals surface area contributed by atoms with Crippen molar-refractivity contribution in [2.45, 2.75) is 6.92 Å². The van der Waals surface area contributed by atoms with Crippen LogP contribution in [0, 0.1) is 18.3 Å². The van der Waals surface area contributed by atoms with E-state index >= 15 is 0 Å². The molecule has 0 unspecified atom stereocenters. The first-order valence-corrected chi connectivity index (χ1v) is 5.58. The maximum absolute atomic E-state index is 8.86. The van der Waals surface area contributed by atoms with E-state index in [1.807, 2.05) is 19.1 Å². The second-order valence-corrected chi connectivity index (χ2v) is 4.11. The molecule has 0 aliphatic heterocycles. The van der Waals surface area contributed by atoms with Crippen molar-refractivity contribution in [1.29, 1.82) is 5.26 Å². The third kappa shape index (κ3) is 2.36. The summed E-state index contributed by atoms with van der Waals surface area (Å²) in [5.74, 6) is 0.636. The number of halogens is 1. The van der Waals surface area contributed by atoms with Crippen molar-refractivity contribution in [2.75, 3.05) is 5.73 Å². The van der Waals surface area contributed by atoms with E-state index in [1.165, 1.54) is 12.3 Å². The second kappa shape index (κ2) is 4.94. The zero-order chi connectivity index (χ0) is 13.1. The Bertz CT molecular complexity index is 635. The molecule has 2 aromatic rings. The lowest BCUT2D eigenvalue weighted by Crippen LogP contribution is -1.95. The number of aryl methyl sites for hydroxylation is 1. The van der Waals surface area contributed by atoms with Gasteiger partial charge in [-0.2, -0.15) is 5.26 Å². The molecular formula is C13H10ClN3O. The fourth-order valence-corrected chi connectivity index (χ4v) is 1.64.